The molecule has 0 fully saturated rings. The van der Waals surface area contributed by atoms with Gasteiger partial charge in [-0.3, -0.25) is 10.1 Å². The van der Waals surface area contributed by atoms with Gasteiger partial charge in [0.25, 0.3) is 5.69 Å². The second-order valence-electron chi connectivity index (χ2n) is 10.4. The Labute approximate surface area is 245 Å². The molecule has 200 valence electrons. The van der Waals surface area contributed by atoms with E-state index in [1.165, 1.54) is 6.07 Å². The number of benzene rings is 6. The fourth-order valence-corrected chi connectivity index (χ4v) is 6.60. The molecule has 0 saturated carbocycles. The Morgan fingerprint density at radius 2 is 1.33 bits per heavy atom. The van der Waals surface area contributed by atoms with Crippen molar-refractivity contribution in [2.45, 2.75) is 0 Å². The fraction of sp³-hybridized carbons (Fsp3) is 0. The van der Waals surface area contributed by atoms with Gasteiger partial charge < -0.3 is 9.55 Å². The Hall–Kier alpha value is -5.39. The minimum atomic E-state index is -0.356. The average Bonchev–Trinajstić information content (AvgIpc) is 3.56. The lowest BCUT2D eigenvalue weighted by atomic mass is 9.90. The molecule has 0 saturated heterocycles. The first-order valence-electron chi connectivity index (χ1n) is 13.7. The summed E-state index contributed by atoms with van der Waals surface area (Å²) in [6, 6.07) is 42.0. The van der Waals surface area contributed by atoms with Crippen molar-refractivity contribution >= 4 is 60.9 Å². The van der Waals surface area contributed by atoms with Gasteiger partial charge in [-0.05, 0) is 48.0 Å². The Morgan fingerprint density at radius 3 is 2.17 bits per heavy atom. The molecule has 0 amide bonds. The first-order valence-corrected chi connectivity index (χ1v) is 14.0. The summed E-state index contributed by atoms with van der Waals surface area (Å²) in [6.07, 6.45) is 0. The number of nitro groups is 1. The number of H-pyrrole nitrogens is 1. The van der Waals surface area contributed by atoms with Crippen LogP contribution in [0.5, 0.6) is 0 Å². The molecule has 8 aromatic rings. The number of nitro benzene ring substituents is 1. The maximum Gasteiger partial charge on any atom is 0.278 e. The molecule has 0 radical (unpaired) electrons. The van der Waals surface area contributed by atoms with Crippen LogP contribution >= 0.6 is 11.6 Å². The molecule has 6 aromatic carbocycles. The Kier molecular flexibility index (Phi) is 5.42. The molecule has 0 bridgehead atoms. The van der Waals surface area contributed by atoms with Gasteiger partial charge in [0.2, 0.25) is 0 Å². The van der Waals surface area contributed by atoms with Gasteiger partial charge in [-0.2, -0.15) is 0 Å². The lowest BCUT2D eigenvalue weighted by Crippen LogP contribution is -1.97. The highest BCUT2D eigenvalue weighted by Crippen LogP contribution is 2.47. The van der Waals surface area contributed by atoms with Crippen molar-refractivity contribution in [1.29, 1.82) is 0 Å². The SMILES string of the molecule is O=[N+]([O-])c1cccc(Cl)c1-c1cc2c(cc1-c1cccc3c1[nH]c1ccccc13)c1ccccc1n2-c1ccccc1. The Balaban J connectivity index is 1.57. The zero-order valence-electron chi connectivity index (χ0n) is 22.2. The molecule has 0 spiro atoms. The van der Waals surface area contributed by atoms with Gasteiger partial charge >= 0.3 is 0 Å². The number of aromatic amines is 1. The molecule has 0 atom stereocenters. The number of rotatable bonds is 4. The van der Waals surface area contributed by atoms with Crippen LogP contribution in [0.4, 0.5) is 5.69 Å². The number of para-hydroxylation sites is 4. The van der Waals surface area contributed by atoms with Crippen molar-refractivity contribution in [1.82, 2.24) is 9.55 Å². The van der Waals surface area contributed by atoms with E-state index in [2.05, 4.69) is 70.2 Å². The zero-order valence-corrected chi connectivity index (χ0v) is 23.0. The number of nitrogens with one attached hydrogen (secondary N) is 1. The smallest absolute Gasteiger partial charge is 0.278 e. The zero-order chi connectivity index (χ0) is 28.4. The first-order chi connectivity index (χ1) is 20.6. The summed E-state index contributed by atoms with van der Waals surface area (Å²) < 4.78 is 2.21. The summed E-state index contributed by atoms with van der Waals surface area (Å²) in [5.74, 6) is 0. The molecule has 8 rings (SSSR count). The van der Waals surface area contributed by atoms with E-state index in [1.54, 1.807) is 12.1 Å². The minimum Gasteiger partial charge on any atom is -0.354 e. The van der Waals surface area contributed by atoms with Crippen LogP contribution in [0, 0.1) is 10.1 Å². The largest absolute Gasteiger partial charge is 0.354 e. The summed E-state index contributed by atoms with van der Waals surface area (Å²) >= 11 is 6.82. The van der Waals surface area contributed by atoms with Crippen molar-refractivity contribution in [3.05, 3.63) is 143 Å². The second-order valence-corrected chi connectivity index (χ2v) is 10.8. The van der Waals surface area contributed by atoms with Gasteiger partial charge in [-0.1, -0.05) is 90.5 Å². The molecule has 1 N–H and O–H groups in total. The summed E-state index contributed by atoms with van der Waals surface area (Å²) in [6.45, 7) is 0. The molecule has 0 unspecified atom stereocenters. The monoisotopic (exact) mass is 563 g/mol. The van der Waals surface area contributed by atoms with Crippen molar-refractivity contribution < 1.29 is 4.92 Å². The summed E-state index contributed by atoms with van der Waals surface area (Å²) in [5, 5.41) is 17.1. The summed E-state index contributed by atoms with van der Waals surface area (Å²) in [5.41, 5.74) is 7.90. The fourth-order valence-electron chi connectivity index (χ4n) is 6.33. The van der Waals surface area contributed by atoms with Crippen LogP contribution in [-0.2, 0) is 0 Å². The Bertz CT molecular complexity index is 2350. The molecule has 2 aromatic heterocycles. The molecule has 0 aliphatic carbocycles. The third-order valence-corrected chi connectivity index (χ3v) is 8.43. The van der Waals surface area contributed by atoms with E-state index in [0.717, 1.165) is 60.4 Å². The number of nitrogens with zero attached hydrogens (tertiary/aromatic N) is 2. The normalized spacial score (nSPS) is 11.6. The second kappa shape index (κ2) is 9.33. The van der Waals surface area contributed by atoms with Gasteiger partial charge in [0.1, 0.15) is 0 Å². The quantitative estimate of drug-likeness (QED) is 0.171. The van der Waals surface area contributed by atoms with Crippen LogP contribution in [0.2, 0.25) is 5.02 Å². The minimum absolute atomic E-state index is 0.0331. The molecule has 0 aliphatic rings. The topological polar surface area (TPSA) is 63.9 Å². The maximum absolute atomic E-state index is 12.4. The summed E-state index contributed by atoms with van der Waals surface area (Å²) in [7, 11) is 0. The van der Waals surface area contributed by atoms with E-state index in [4.69, 9.17) is 11.6 Å². The molecule has 5 nitrogen and oxygen atoms in total. The van der Waals surface area contributed by atoms with Crippen molar-refractivity contribution in [2.24, 2.45) is 0 Å². The molecule has 0 aliphatic heterocycles. The van der Waals surface area contributed by atoms with E-state index < -0.39 is 0 Å². The van der Waals surface area contributed by atoms with Crippen LogP contribution in [-0.4, -0.2) is 14.5 Å². The van der Waals surface area contributed by atoms with Crippen molar-refractivity contribution in [3.63, 3.8) is 0 Å². The predicted octanol–water partition coefficient (Wildman–Crippen LogP) is 10.3. The Morgan fingerprint density at radius 1 is 0.619 bits per heavy atom. The molecule has 2 heterocycles. The highest BCUT2D eigenvalue weighted by atomic mass is 35.5. The highest BCUT2D eigenvalue weighted by Gasteiger charge is 2.25. The van der Waals surface area contributed by atoms with Gasteiger partial charge in [0.05, 0.1) is 32.1 Å². The lowest BCUT2D eigenvalue weighted by molar-refractivity contribution is -0.384. The number of hydrogen-bond donors (Lipinski definition) is 1. The van der Waals surface area contributed by atoms with E-state index in [-0.39, 0.29) is 10.6 Å². The molecular weight excluding hydrogens is 542 g/mol. The van der Waals surface area contributed by atoms with Gasteiger partial charge in [0, 0.05) is 49.9 Å². The van der Waals surface area contributed by atoms with Gasteiger partial charge in [-0.25, -0.2) is 0 Å². The number of halogens is 1. The highest BCUT2D eigenvalue weighted by molar-refractivity contribution is 6.34. The number of hydrogen-bond acceptors (Lipinski definition) is 2. The maximum atomic E-state index is 12.4. The summed E-state index contributed by atoms with van der Waals surface area (Å²) in [4.78, 5) is 15.6. The number of fused-ring (bicyclic) bond motifs is 6. The van der Waals surface area contributed by atoms with Crippen LogP contribution in [0.25, 0.3) is 71.6 Å². The van der Waals surface area contributed by atoms with Crippen LogP contribution in [0.1, 0.15) is 0 Å². The van der Waals surface area contributed by atoms with Crippen molar-refractivity contribution in [2.75, 3.05) is 0 Å². The number of aromatic nitrogens is 2. The van der Waals surface area contributed by atoms with Crippen LogP contribution in [0.3, 0.4) is 0 Å². The third kappa shape index (κ3) is 3.57. The van der Waals surface area contributed by atoms with Crippen molar-refractivity contribution in [3.8, 4) is 27.9 Å². The van der Waals surface area contributed by atoms with E-state index >= 15 is 0 Å². The lowest BCUT2D eigenvalue weighted by Gasteiger charge is -2.15. The third-order valence-electron chi connectivity index (χ3n) is 8.12. The molecule has 42 heavy (non-hydrogen) atoms. The molecular formula is C36H22ClN3O2. The molecule has 6 heteroatoms. The van der Waals surface area contributed by atoms with E-state index in [0.29, 0.717) is 16.1 Å². The van der Waals surface area contributed by atoms with E-state index in [9.17, 15) is 10.1 Å². The van der Waals surface area contributed by atoms with Gasteiger partial charge in [0.15, 0.2) is 0 Å². The van der Waals surface area contributed by atoms with Gasteiger partial charge in [-0.15, -0.1) is 0 Å². The average molecular weight is 564 g/mol. The first kappa shape index (κ1) is 24.4. The van der Waals surface area contributed by atoms with Crippen LogP contribution in [0.15, 0.2) is 127 Å². The predicted molar refractivity (Wildman–Crippen MR) is 173 cm³/mol. The van der Waals surface area contributed by atoms with E-state index in [1.807, 2.05) is 48.5 Å². The standard InChI is InChI=1S/C36H22ClN3O2/c37-30-16-9-19-33(40(41)42)35(30)29-21-34-28(24-13-5-7-18-32(24)39(34)22-10-2-1-3-11-22)20-27(29)26-15-8-14-25-23-12-4-6-17-31(23)38-36(25)26/h1-21,38H. The van der Waals surface area contributed by atoms with Crippen LogP contribution < -0.4 is 0 Å².